The number of alkyl halides is 3. The van der Waals surface area contributed by atoms with Gasteiger partial charge in [0.1, 0.15) is 11.3 Å². The normalized spacial score (nSPS) is 19.6. The number of anilines is 1. The van der Waals surface area contributed by atoms with Crippen molar-refractivity contribution in [1.29, 1.82) is 0 Å². The van der Waals surface area contributed by atoms with E-state index in [4.69, 9.17) is 11.6 Å². The summed E-state index contributed by atoms with van der Waals surface area (Å²) < 4.78 is 40.6. The summed E-state index contributed by atoms with van der Waals surface area (Å²) in [5.41, 5.74) is -0.810. The number of nitrogens with zero attached hydrogens (tertiary/aromatic N) is 1. The molecular weight excluding hydrogens is 392 g/mol. The van der Waals surface area contributed by atoms with Crippen LogP contribution in [0.1, 0.15) is 12.8 Å². The molecular formula is C12H7BrClF3N2O3. The molecule has 3 amide bonds. The minimum absolute atomic E-state index is 0.0609. The van der Waals surface area contributed by atoms with Gasteiger partial charge in [-0.1, -0.05) is 11.6 Å². The summed E-state index contributed by atoms with van der Waals surface area (Å²) in [5.74, 6) is -1.07. The number of rotatable bonds is 2. The molecule has 2 aliphatic rings. The maximum atomic E-state index is 12.3. The predicted molar refractivity (Wildman–Crippen MR) is 73.8 cm³/mol. The van der Waals surface area contributed by atoms with Crippen molar-refractivity contribution in [2.75, 3.05) is 4.90 Å². The summed E-state index contributed by atoms with van der Waals surface area (Å²) >= 11 is 8.78. The number of carbonyl (C=O) groups is 2. The number of amides is 3. The van der Waals surface area contributed by atoms with Gasteiger partial charge in [0.25, 0.3) is 5.91 Å². The van der Waals surface area contributed by atoms with Crippen molar-refractivity contribution in [3.63, 3.8) is 0 Å². The van der Waals surface area contributed by atoms with Crippen LogP contribution in [-0.4, -0.2) is 23.8 Å². The van der Waals surface area contributed by atoms with Gasteiger partial charge in [0.15, 0.2) is 0 Å². The Bertz CT molecular complexity index is 691. The van der Waals surface area contributed by atoms with Crippen LogP contribution >= 0.6 is 27.5 Å². The van der Waals surface area contributed by atoms with Crippen LogP contribution in [0.15, 0.2) is 16.6 Å². The van der Waals surface area contributed by atoms with Crippen LogP contribution in [0, 0.1) is 0 Å². The predicted octanol–water partition coefficient (Wildman–Crippen LogP) is 3.59. The number of halogens is 5. The van der Waals surface area contributed by atoms with Crippen molar-refractivity contribution >= 4 is 45.2 Å². The lowest BCUT2D eigenvalue weighted by molar-refractivity contribution is -0.274. The molecule has 0 unspecified atom stereocenters. The third-order valence-electron chi connectivity index (χ3n) is 3.38. The van der Waals surface area contributed by atoms with Crippen LogP contribution in [0.2, 0.25) is 5.02 Å². The molecule has 0 aromatic heterocycles. The van der Waals surface area contributed by atoms with Crippen molar-refractivity contribution in [2.45, 2.75) is 24.7 Å². The minimum atomic E-state index is -4.90. The molecule has 3 rings (SSSR count). The summed E-state index contributed by atoms with van der Waals surface area (Å²) in [6.45, 7) is 0. The Morgan fingerprint density at radius 2 is 1.95 bits per heavy atom. The highest BCUT2D eigenvalue weighted by Gasteiger charge is 2.60. The molecule has 0 atom stereocenters. The zero-order chi connectivity index (χ0) is 16.3. The number of benzene rings is 1. The Balaban J connectivity index is 1.97. The summed E-state index contributed by atoms with van der Waals surface area (Å²) in [4.78, 5) is 25.0. The molecule has 1 N–H and O–H groups in total. The van der Waals surface area contributed by atoms with Crippen LogP contribution < -0.4 is 15.0 Å². The molecule has 0 radical (unpaired) electrons. The molecule has 1 saturated carbocycles. The molecule has 10 heteroatoms. The van der Waals surface area contributed by atoms with Gasteiger partial charge in [-0.05, 0) is 40.9 Å². The van der Waals surface area contributed by atoms with E-state index in [1.165, 1.54) is 0 Å². The quantitative estimate of drug-likeness (QED) is 0.773. The summed E-state index contributed by atoms with van der Waals surface area (Å²) in [5, 5.41) is 2.20. The van der Waals surface area contributed by atoms with Gasteiger partial charge >= 0.3 is 12.4 Å². The van der Waals surface area contributed by atoms with E-state index < -0.39 is 29.6 Å². The highest BCUT2D eigenvalue weighted by Crippen LogP contribution is 2.45. The van der Waals surface area contributed by atoms with Gasteiger partial charge in [0.05, 0.1) is 10.7 Å². The third-order valence-corrected chi connectivity index (χ3v) is 4.31. The van der Waals surface area contributed by atoms with E-state index in [-0.39, 0.29) is 15.2 Å². The molecule has 1 spiro atoms. The number of carbonyl (C=O) groups excluding carboxylic acids is 2. The van der Waals surface area contributed by atoms with E-state index >= 15 is 0 Å². The second kappa shape index (κ2) is 4.76. The average Bonchev–Trinajstić information content (AvgIpc) is 3.09. The van der Waals surface area contributed by atoms with E-state index in [0.29, 0.717) is 12.8 Å². The van der Waals surface area contributed by atoms with Gasteiger partial charge in [0, 0.05) is 4.47 Å². The Morgan fingerprint density at radius 1 is 1.32 bits per heavy atom. The lowest BCUT2D eigenvalue weighted by Crippen LogP contribution is -2.32. The number of ether oxygens (including phenoxy) is 1. The van der Waals surface area contributed by atoms with Gasteiger partial charge in [0.2, 0.25) is 0 Å². The van der Waals surface area contributed by atoms with E-state index in [0.717, 1.165) is 17.0 Å². The molecule has 1 heterocycles. The lowest BCUT2D eigenvalue weighted by atomic mass is 10.2. The van der Waals surface area contributed by atoms with Gasteiger partial charge < -0.3 is 10.1 Å². The average molecular weight is 400 g/mol. The van der Waals surface area contributed by atoms with Gasteiger partial charge in [-0.15, -0.1) is 13.2 Å². The maximum Gasteiger partial charge on any atom is 0.573 e. The van der Waals surface area contributed by atoms with Gasteiger partial charge in [-0.2, -0.15) is 0 Å². The number of nitrogens with one attached hydrogen (secondary N) is 1. The molecule has 1 aliphatic carbocycles. The van der Waals surface area contributed by atoms with Crippen molar-refractivity contribution in [3.8, 4) is 5.75 Å². The fourth-order valence-electron chi connectivity index (χ4n) is 2.20. The zero-order valence-corrected chi connectivity index (χ0v) is 13.0. The van der Waals surface area contributed by atoms with Crippen LogP contribution in [-0.2, 0) is 4.79 Å². The van der Waals surface area contributed by atoms with Crippen molar-refractivity contribution < 1.29 is 27.5 Å². The van der Waals surface area contributed by atoms with E-state index in [2.05, 4.69) is 26.0 Å². The van der Waals surface area contributed by atoms with Crippen LogP contribution in [0.3, 0.4) is 0 Å². The van der Waals surface area contributed by atoms with Crippen LogP contribution in [0.4, 0.5) is 23.7 Å². The van der Waals surface area contributed by atoms with E-state index in [1.807, 2.05) is 0 Å². The van der Waals surface area contributed by atoms with Gasteiger partial charge in [-0.25, -0.2) is 9.69 Å². The molecule has 2 fully saturated rings. The highest BCUT2D eigenvalue weighted by atomic mass is 79.9. The number of hydrogen-bond acceptors (Lipinski definition) is 3. The molecule has 118 valence electrons. The van der Waals surface area contributed by atoms with Crippen LogP contribution in [0.5, 0.6) is 5.75 Å². The Hall–Kier alpha value is -1.48. The molecule has 5 nitrogen and oxygen atoms in total. The first-order valence-electron chi connectivity index (χ1n) is 6.04. The second-order valence-electron chi connectivity index (χ2n) is 4.93. The summed E-state index contributed by atoms with van der Waals surface area (Å²) in [7, 11) is 0. The van der Waals surface area contributed by atoms with Crippen LogP contribution in [0.25, 0.3) is 0 Å². The first kappa shape index (κ1) is 15.4. The Morgan fingerprint density at radius 3 is 2.45 bits per heavy atom. The summed E-state index contributed by atoms with van der Waals surface area (Å²) in [6.07, 6.45) is -3.83. The monoisotopic (exact) mass is 398 g/mol. The number of hydrogen-bond donors (Lipinski definition) is 1. The zero-order valence-electron chi connectivity index (χ0n) is 10.6. The largest absolute Gasteiger partial charge is 0.573 e. The fraction of sp³-hybridized carbons (Fsp3) is 0.333. The third kappa shape index (κ3) is 2.52. The number of urea groups is 1. The molecule has 1 aliphatic heterocycles. The molecule has 1 aromatic rings. The highest BCUT2D eigenvalue weighted by molar-refractivity contribution is 9.10. The topological polar surface area (TPSA) is 58.6 Å². The number of imide groups is 1. The lowest BCUT2D eigenvalue weighted by Gasteiger charge is -2.17. The second-order valence-corrected chi connectivity index (χ2v) is 6.20. The SMILES string of the molecule is O=C1NC2(CC2)C(=O)N1c1cc(Cl)c(OC(F)(F)F)cc1Br. The molecule has 1 saturated heterocycles. The smallest absolute Gasteiger partial charge is 0.404 e. The first-order chi connectivity index (χ1) is 10.1. The fourth-order valence-corrected chi connectivity index (χ4v) is 2.89. The standard InChI is InChI=1S/C12H7BrClF3N2O3/c13-5-3-8(22-12(15,16)17)6(14)4-7(5)19-9(20)11(1-2-11)18-10(19)21/h3-4H,1-2H2,(H,18,21). The van der Waals surface area contributed by atoms with Crippen molar-refractivity contribution in [1.82, 2.24) is 5.32 Å². The van der Waals surface area contributed by atoms with E-state index in [9.17, 15) is 22.8 Å². The Labute approximate surface area is 135 Å². The molecule has 22 heavy (non-hydrogen) atoms. The first-order valence-corrected chi connectivity index (χ1v) is 7.21. The minimum Gasteiger partial charge on any atom is -0.404 e. The van der Waals surface area contributed by atoms with Gasteiger partial charge in [-0.3, -0.25) is 4.79 Å². The van der Waals surface area contributed by atoms with Crippen molar-refractivity contribution in [2.24, 2.45) is 0 Å². The Kier molecular flexibility index (Phi) is 3.33. The summed E-state index contributed by atoms with van der Waals surface area (Å²) in [6, 6.07) is 1.40. The molecule has 1 aromatic carbocycles. The van der Waals surface area contributed by atoms with E-state index in [1.54, 1.807) is 0 Å². The maximum absolute atomic E-state index is 12.3. The van der Waals surface area contributed by atoms with Crippen molar-refractivity contribution in [3.05, 3.63) is 21.6 Å². The molecule has 0 bridgehead atoms.